The highest BCUT2D eigenvalue weighted by Crippen LogP contribution is 2.27. The molecular formula is C17H28N2O6S. The molecule has 9 heteroatoms. The van der Waals surface area contributed by atoms with E-state index >= 15 is 0 Å². The molecule has 1 unspecified atom stereocenters. The highest BCUT2D eigenvalue weighted by Gasteiger charge is 2.42. The number of aromatic nitrogens is 1. The molecule has 0 aromatic carbocycles. The molecule has 1 fully saturated rings. The molecule has 0 saturated carbocycles. The first-order valence-electron chi connectivity index (χ1n) is 8.69. The maximum Gasteiger partial charge on any atom is 0.247 e. The van der Waals surface area contributed by atoms with Crippen molar-refractivity contribution in [2.45, 2.75) is 50.7 Å². The Morgan fingerprint density at radius 1 is 1.38 bits per heavy atom. The summed E-state index contributed by atoms with van der Waals surface area (Å²) < 4.78 is 34.1. The van der Waals surface area contributed by atoms with Gasteiger partial charge in [0.25, 0.3) is 0 Å². The van der Waals surface area contributed by atoms with E-state index in [1.807, 2.05) is 0 Å². The van der Waals surface area contributed by atoms with Gasteiger partial charge in [0, 0.05) is 24.7 Å². The topological polar surface area (TPSA) is 119 Å². The second-order valence-corrected chi connectivity index (χ2v) is 10.6. The van der Waals surface area contributed by atoms with Crippen molar-refractivity contribution in [3.05, 3.63) is 11.8 Å². The standard InChI is InChI=1S/C17H28N2O6S/c1-16(2,11-20)13-9-14(25-19-13)18-15(21)17(3,4)26(22,23)8-6-12-5-7-24-10-12/h9,12,20H,5-8,10-11H2,1-4H3,(H,18,21). The summed E-state index contributed by atoms with van der Waals surface area (Å²) in [6.07, 6.45) is 1.33. The van der Waals surface area contributed by atoms with Gasteiger partial charge >= 0.3 is 0 Å². The lowest BCUT2D eigenvalue weighted by atomic mass is 9.91. The Labute approximate surface area is 154 Å². The van der Waals surface area contributed by atoms with Gasteiger partial charge < -0.3 is 14.4 Å². The lowest BCUT2D eigenvalue weighted by Crippen LogP contribution is -2.45. The van der Waals surface area contributed by atoms with E-state index in [0.717, 1.165) is 6.42 Å². The van der Waals surface area contributed by atoms with Crippen LogP contribution in [0.4, 0.5) is 5.88 Å². The fourth-order valence-corrected chi connectivity index (χ4v) is 4.01. The van der Waals surface area contributed by atoms with E-state index in [1.54, 1.807) is 13.8 Å². The Morgan fingerprint density at radius 3 is 2.65 bits per heavy atom. The third-order valence-corrected chi connectivity index (χ3v) is 7.49. The van der Waals surface area contributed by atoms with Crippen molar-refractivity contribution in [1.82, 2.24) is 5.16 Å². The summed E-state index contributed by atoms with van der Waals surface area (Å²) in [6.45, 7) is 7.42. The fourth-order valence-electron chi connectivity index (χ4n) is 2.53. The Bertz CT molecular complexity index is 732. The van der Waals surface area contributed by atoms with Crippen LogP contribution in [0.2, 0.25) is 0 Å². The van der Waals surface area contributed by atoms with Gasteiger partial charge in [0.1, 0.15) is 4.75 Å². The first-order valence-corrected chi connectivity index (χ1v) is 10.3. The number of nitrogens with one attached hydrogen (secondary N) is 1. The molecule has 1 aliphatic heterocycles. The number of carbonyl (C=O) groups excluding carboxylic acids is 1. The van der Waals surface area contributed by atoms with E-state index in [0.29, 0.717) is 25.3 Å². The molecule has 26 heavy (non-hydrogen) atoms. The van der Waals surface area contributed by atoms with Gasteiger partial charge in [0.15, 0.2) is 9.84 Å². The van der Waals surface area contributed by atoms with E-state index in [2.05, 4.69) is 10.5 Å². The molecule has 1 aromatic rings. The second kappa shape index (κ2) is 7.66. The summed E-state index contributed by atoms with van der Waals surface area (Å²) in [7, 11) is -3.66. The normalized spacial score (nSPS) is 18.9. The molecule has 1 saturated heterocycles. The zero-order valence-electron chi connectivity index (χ0n) is 15.7. The molecule has 148 valence electrons. The smallest absolute Gasteiger partial charge is 0.247 e. The predicted octanol–water partition coefficient (Wildman–Crippen LogP) is 1.50. The maximum atomic E-state index is 12.7. The van der Waals surface area contributed by atoms with Crippen LogP contribution < -0.4 is 5.32 Å². The SMILES string of the molecule is CC(C)(CO)c1cc(NC(=O)C(C)(C)S(=O)(=O)CCC2CCOC2)on1. The van der Waals surface area contributed by atoms with Gasteiger partial charge in [-0.3, -0.25) is 10.1 Å². The Balaban J connectivity index is 2.04. The van der Waals surface area contributed by atoms with Gasteiger partial charge in [0.2, 0.25) is 11.8 Å². The third-order valence-electron chi connectivity index (χ3n) is 4.98. The molecule has 1 atom stereocenters. The van der Waals surface area contributed by atoms with Gasteiger partial charge in [-0.2, -0.15) is 0 Å². The quantitative estimate of drug-likeness (QED) is 0.693. The summed E-state index contributed by atoms with van der Waals surface area (Å²) in [5.74, 6) is -0.467. The van der Waals surface area contributed by atoms with E-state index in [1.165, 1.54) is 19.9 Å². The average Bonchev–Trinajstić information content (AvgIpc) is 3.24. The monoisotopic (exact) mass is 388 g/mol. The number of anilines is 1. The molecule has 2 rings (SSSR count). The number of hydrogen-bond acceptors (Lipinski definition) is 7. The molecule has 0 radical (unpaired) electrons. The van der Waals surface area contributed by atoms with Crippen LogP contribution in [0.3, 0.4) is 0 Å². The van der Waals surface area contributed by atoms with Crippen molar-refractivity contribution in [3.63, 3.8) is 0 Å². The van der Waals surface area contributed by atoms with Crippen molar-refractivity contribution in [2.75, 3.05) is 30.9 Å². The zero-order valence-corrected chi connectivity index (χ0v) is 16.6. The fraction of sp³-hybridized carbons (Fsp3) is 0.765. The first-order chi connectivity index (χ1) is 12.0. The number of nitrogens with zero attached hydrogens (tertiary/aromatic N) is 1. The van der Waals surface area contributed by atoms with Crippen LogP contribution >= 0.6 is 0 Å². The van der Waals surface area contributed by atoms with Crippen molar-refractivity contribution >= 4 is 21.6 Å². The van der Waals surface area contributed by atoms with E-state index in [4.69, 9.17) is 9.26 Å². The molecule has 1 aromatic heterocycles. The summed E-state index contributed by atoms with van der Waals surface area (Å²) >= 11 is 0. The Kier molecular flexibility index (Phi) is 6.14. The number of hydrogen-bond donors (Lipinski definition) is 2. The van der Waals surface area contributed by atoms with Gasteiger partial charge in [-0.1, -0.05) is 19.0 Å². The zero-order chi connectivity index (χ0) is 19.6. The van der Waals surface area contributed by atoms with Crippen LogP contribution in [0.1, 0.15) is 46.2 Å². The summed E-state index contributed by atoms with van der Waals surface area (Å²) in [4.78, 5) is 12.6. The molecule has 1 aliphatic rings. The van der Waals surface area contributed by atoms with Crippen LogP contribution in [0, 0.1) is 5.92 Å². The van der Waals surface area contributed by atoms with E-state index in [-0.39, 0.29) is 24.2 Å². The number of aliphatic hydroxyl groups is 1. The lowest BCUT2D eigenvalue weighted by molar-refractivity contribution is -0.118. The number of sulfone groups is 1. The number of ether oxygens (including phenoxy) is 1. The molecular weight excluding hydrogens is 360 g/mol. The molecule has 0 aliphatic carbocycles. The summed E-state index contributed by atoms with van der Waals surface area (Å²) in [5.41, 5.74) is -0.158. The number of rotatable bonds is 8. The van der Waals surface area contributed by atoms with Gasteiger partial charge in [-0.05, 0) is 32.6 Å². The third kappa shape index (κ3) is 4.44. The molecule has 8 nitrogen and oxygen atoms in total. The van der Waals surface area contributed by atoms with Crippen molar-refractivity contribution in [2.24, 2.45) is 5.92 Å². The van der Waals surface area contributed by atoms with Crippen LogP contribution in [0.5, 0.6) is 0 Å². The van der Waals surface area contributed by atoms with Crippen molar-refractivity contribution < 1.29 is 27.6 Å². The summed E-state index contributed by atoms with van der Waals surface area (Å²) in [6, 6.07) is 1.49. The highest BCUT2D eigenvalue weighted by atomic mass is 32.2. The molecule has 2 N–H and O–H groups in total. The molecule has 1 amide bonds. The molecule has 2 heterocycles. The van der Waals surface area contributed by atoms with E-state index < -0.39 is 25.9 Å². The average molecular weight is 388 g/mol. The summed E-state index contributed by atoms with van der Waals surface area (Å²) in [5, 5.41) is 15.7. The minimum Gasteiger partial charge on any atom is -0.395 e. The van der Waals surface area contributed by atoms with E-state index in [9.17, 15) is 18.3 Å². The largest absolute Gasteiger partial charge is 0.395 e. The highest BCUT2D eigenvalue weighted by molar-refractivity contribution is 7.93. The minimum absolute atomic E-state index is 0.0546. The Morgan fingerprint density at radius 2 is 2.08 bits per heavy atom. The minimum atomic E-state index is -3.66. The van der Waals surface area contributed by atoms with Gasteiger partial charge in [-0.25, -0.2) is 8.42 Å². The molecule has 0 bridgehead atoms. The first kappa shape index (κ1) is 20.9. The lowest BCUT2D eigenvalue weighted by Gasteiger charge is -2.23. The van der Waals surface area contributed by atoms with Gasteiger partial charge in [-0.15, -0.1) is 0 Å². The Hall–Kier alpha value is -1.45. The van der Waals surface area contributed by atoms with Gasteiger partial charge in [0.05, 0.1) is 18.1 Å². The number of aliphatic hydroxyl groups excluding tert-OH is 1. The van der Waals surface area contributed by atoms with Crippen molar-refractivity contribution in [3.8, 4) is 0 Å². The maximum absolute atomic E-state index is 12.7. The van der Waals surface area contributed by atoms with Crippen LogP contribution in [-0.4, -0.2) is 54.9 Å². The van der Waals surface area contributed by atoms with Crippen molar-refractivity contribution in [1.29, 1.82) is 0 Å². The number of amides is 1. The number of carbonyl (C=O) groups is 1. The predicted molar refractivity (Wildman–Crippen MR) is 96.7 cm³/mol. The van der Waals surface area contributed by atoms with Crippen LogP contribution in [0.25, 0.3) is 0 Å². The second-order valence-electron chi connectivity index (χ2n) is 7.92. The van der Waals surface area contributed by atoms with Crippen LogP contribution in [-0.2, 0) is 24.8 Å². The molecule has 0 spiro atoms. The van der Waals surface area contributed by atoms with Crippen LogP contribution in [0.15, 0.2) is 10.6 Å².